The fourth-order valence-corrected chi connectivity index (χ4v) is 1.67. The van der Waals surface area contributed by atoms with E-state index in [9.17, 15) is 0 Å². The van der Waals surface area contributed by atoms with Gasteiger partial charge in [-0.1, -0.05) is 0 Å². The molecule has 5 heteroatoms. The van der Waals surface area contributed by atoms with Crippen molar-refractivity contribution in [2.24, 2.45) is 0 Å². The normalized spacial score (nSPS) is 10.0. The van der Waals surface area contributed by atoms with Crippen LogP contribution in [0.4, 0.5) is 11.6 Å². The summed E-state index contributed by atoms with van der Waals surface area (Å²) in [5, 5.41) is 6.26. The van der Waals surface area contributed by atoms with Crippen LogP contribution >= 0.6 is 11.8 Å². The molecule has 0 saturated carbocycles. The van der Waals surface area contributed by atoms with Crippen LogP contribution in [0.15, 0.2) is 12.4 Å². The van der Waals surface area contributed by atoms with Crippen molar-refractivity contribution in [3.8, 4) is 0 Å². The van der Waals surface area contributed by atoms with Crippen molar-refractivity contribution in [2.75, 3.05) is 36.2 Å². The van der Waals surface area contributed by atoms with Crippen LogP contribution in [0, 0.1) is 0 Å². The molecule has 0 fully saturated rings. The third-order valence-electron chi connectivity index (χ3n) is 2.00. The Morgan fingerprint density at radius 1 is 1.27 bits per heavy atom. The Bertz CT molecular complexity index is 280. The number of hydrogen-bond acceptors (Lipinski definition) is 5. The topological polar surface area (TPSA) is 49.8 Å². The van der Waals surface area contributed by atoms with Crippen LogP contribution in [0.3, 0.4) is 0 Å². The molecule has 0 atom stereocenters. The van der Waals surface area contributed by atoms with Crippen LogP contribution in [0.5, 0.6) is 0 Å². The van der Waals surface area contributed by atoms with E-state index in [1.54, 1.807) is 6.33 Å². The monoisotopic (exact) mass is 226 g/mol. The minimum absolute atomic E-state index is 0.844. The van der Waals surface area contributed by atoms with Crippen LogP contribution in [0.1, 0.15) is 12.8 Å². The van der Waals surface area contributed by atoms with Crippen LogP contribution in [-0.2, 0) is 0 Å². The minimum Gasteiger partial charge on any atom is -0.373 e. The maximum absolute atomic E-state index is 4.14. The van der Waals surface area contributed by atoms with E-state index in [0.29, 0.717) is 0 Å². The molecule has 0 aromatic carbocycles. The SMILES string of the molecule is CNc1cc(NCCCCSC)ncn1. The van der Waals surface area contributed by atoms with E-state index in [1.165, 1.54) is 18.6 Å². The molecule has 84 valence electrons. The average Bonchev–Trinajstić information content (AvgIpc) is 2.29. The lowest BCUT2D eigenvalue weighted by Gasteiger charge is -2.06. The predicted octanol–water partition coefficient (Wildman–Crippen LogP) is 2.07. The van der Waals surface area contributed by atoms with E-state index in [2.05, 4.69) is 26.9 Å². The van der Waals surface area contributed by atoms with Gasteiger partial charge >= 0.3 is 0 Å². The first-order valence-corrected chi connectivity index (χ1v) is 6.49. The van der Waals surface area contributed by atoms with Crippen LogP contribution in [0.25, 0.3) is 0 Å². The smallest absolute Gasteiger partial charge is 0.131 e. The van der Waals surface area contributed by atoms with Gasteiger partial charge in [0.2, 0.25) is 0 Å². The number of aromatic nitrogens is 2. The molecule has 0 bridgehead atoms. The number of unbranched alkanes of at least 4 members (excludes halogenated alkanes) is 1. The molecule has 1 aromatic rings. The number of rotatable bonds is 7. The van der Waals surface area contributed by atoms with Crippen molar-refractivity contribution >= 4 is 23.4 Å². The highest BCUT2D eigenvalue weighted by atomic mass is 32.2. The largest absolute Gasteiger partial charge is 0.373 e. The van der Waals surface area contributed by atoms with Gasteiger partial charge in [-0.3, -0.25) is 0 Å². The highest BCUT2D eigenvalue weighted by Crippen LogP contribution is 2.07. The Kier molecular flexibility index (Phi) is 5.92. The predicted molar refractivity (Wildman–Crippen MR) is 67.7 cm³/mol. The summed E-state index contributed by atoms with van der Waals surface area (Å²) in [4.78, 5) is 8.19. The Morgan fingerprint density at radius 3 is 2.80 bits per heavy atom. The molecule has 15 heavy (non-hydrogen) atoms. The maximum atomic E-state index is 4.14. The Morgan fingerprint density at radius 2 is 2.07 bits per heavy atom. The lowest BCUT2D eigenvalue weighted by atomic mass is 10.3. The Balaban J connectivity index is 2.24. The second-order valence-electron chi connectivity index (χ2n) is 3.17. The van der Waals surface area contributed by atoms with Crippen LogP contribution in [-0.4, -0.2) is 35.6 Å². The van der Waals surface area contributed by atoms with Crippen LogP contribution in [0.2, 0.25) is 0 Å². The van der Waals surface area contributed by atoms with Crippen molar-refractivity contribution in [2.45, 2.75) is 12.8 Å². The molecular weight excluding hydrogens is 208 g/mol. The van der Waals surface area contributed by atoms with Crippen molar-refractivity contribution in [3.63, 3.8) is 0 Å². The van der Waals surface area contributed by atoms with Gasteiger partial charge in [-0.05, 0) is 24.9 Å². The summed E-state index contributed by atoms with van der Waals surface area (Å²) in [5.41, 5.74) is 0. The van der Waals surface area contributed by atoms with Gasteiger partial charge in [0.1, 0.15) is 18.0 Å². The van der Waals surface area contributed by atoms with Gasteiger partial charge in [0.15, 0.2) is 0 Å². The quantitative estimate of drug-likeness (QED) is 0.697. The van der Waals surface area contributed by atoms with E-state index >= 15 is 0 Å². The number of hydrogen-bond donors (Lipinski definition) is 2. The molecule has 0 radical (unpaired) electrons. The van der Waals surface area contributed by atoms with Crippen molar-refractivity contribution in [1.82, 2.24) is 9.97 Å². The molecule has 0 aliphatic rings. The number of thioether (sulfide) groups is 1. The summed E-state index contributed by atoms with van der Waals surface area (Å²) < 4.78 is 0. The second-order valence-corrected chi connectivity index (χ2v) is 4.15. The molecule has 4 nitrogen and oxygen atoms in total. The van der Waals surface area contributed by atoms with Gasteiger partial charge < -0.3 is 10.6 Å². The third-order valence-corrected chi connectivity index (χ3v) is 2.70. The van der Waals surface area contributed by atoms with Gasteiger partial charge in [0.05, 0.1) is 0 Å². The number of anilines is 2. The lowest BCUT2D eigenvalue weighted by Crippen LogP contribution is -2.04. The van der Waals surface area contributed by atoms with Gasteiger partial charge in [-0.15, -0.1) is 0 Å². The van der Waals surface area contributed by atoms with E-state index < -0.39 is 0 Å². The molecule has 0 aliphatic heterocycles. The Hall–Kier alpha value is -0.970. The molecule has 1 heterocycles. The van der Waals surface area contributed by atoms with E-state index in [1.807, 2.05) is 24.9 Å². The number of nitrogens with one attached hydrogen (secondary N) is 2. The van der Waals surface area contributed by atoms with Gasteiger partial charge in [-0.2, -0.15) is 11.8 Å². The van der Waals surface area contributed by atoms with Crippen molar-refractivity contribution in [1.29, 1.82) is 0 Å². The van der Waals surface area contributed by atoms with E-state index in [-0.39, 0.29) is 0 Å². The summed E-state index contributed by atoms with van der Waals surface area (Å²) in [6.07, 6.45) is 6.13. The molecule has 0 spiro atoms. The third kappa shape index (κ3) is 4.88. The van der Waals surface area contributed by atoms with Crippen molar-refractivity contribution < 1.29 is 0 Å². The van der Waals surface area contributed by atoms with Gasteiger partial charge in [0, 0.05) is 19.7 Å². The first kappa shape index (κ1) is 12.1. The second kappa shape index (κ2) is 7.34. The summed E-state index contributed by atoms with van der Waals surface area (Å²) in [7, 11) is 1.85. The first-order chi connectivity index (χ1) is 7.36. The summed E-state index contributed by atoms with van der Waals surface area (Å²) in [6, 6.07) is 1.91. The molecular formula is C10H18N4S. The fraction of sp³-hybridized carbons (Fsp3) is 0.600. The highest BCUT2D eigenvalue weighted by Gasteiger charge is 1.95. The van der Waals surface area contributed by atoms with E-state index in [4.69, 9.17) is 0 Å². The average molecular weight is 226 g/mol. The number of nitrogens with zero attached hydrogens (tertiary/aromatic N) is 2. The summed E-state index contributed by atoms with van der Waals surface area (Å²) in [6.45, 7) is 0.973. The zero-order valence-electron chi connectivity index (χ0n) is 9.29. The minimum atomic E-state index is 0.844. The summed E-state index contributed by atoms with van der Waals surface area (Å²) >= 11 is 1.89. The molecule has 0 amide bonds. The summed E-state index contributed by atoms with van der Waals surface area (Å²) in [5.74, 6) is 2.96. The fourth-order valence-electron chi connectivity index (χ4n) is 1.18. The van der Waals surface area contributed by atoms with Gasteiger partial charge in [0.25, 0.3) is 0 Å². The zero-order valence-corrected chi connectivity index (χ0v) is 10.1. The molecule has 0 unspecified atom stereocenters. The lowest BCUT2D eigenvalue weighted by molar-refractivity contribution is 0.839. The molecule has 2 N–H and O–H groups in total. The molecule has 1 rings (SSSR count). The van der Waals surface area contributed by atoms with Crippen molar-refractivity contribution in [3.05, 3.63) is 12.4 Å². The van der Waals surface area contributed by atoms with Gasteiger partial charge in [-0.25, -0.2) is 9.97 Å². The Labute approximate surface area is 95.3 Å². The van der Waals surface area contributed by atoms with E-state index in [0.717, 1.165) is 18.2 Å². The zero-order chi connectivity index (χ0) is 10.9. The molecule has 0 saturated heterocycles. The molecule has 0 aliphatic carbocycles. The van der Waals surface area contributed by atoms with Crippen LogP contribution < -0.4 is 10.6 Å². The molecule has 1 aromatic heterocycles. The highest BCUT2D eigenvalue weighted by molar-refractivity contribution is 7.98. The first-order valence-electron chi connectivity index (χ1n) is 5.09. The maximum Gasteiger partial charge on any atom is 0.131 e. The standard InChI is InChI=1S/C10H18N4S/c1-11-9-7-10(14-8-13-9)12-5-3-4-6-15-2/h7-8H,3-6H2,1-2H3,(H2,11,12,13,14).